The first-order valence-electron chi connectivity index (χ1n) is 10.7. The highest BCUT2D eigenvalue weighted by Gasteiger charge is 2.31. The van der Waals surface area contributed by atoms with E-state index in [1.807, 2.05) is 19.1 Å². The van der Waals surface area contributed by atoms with Crippen LogP contribution in [-0.4, -0.2) is 49.3 Å². The molecule has 192 valence electrons. The lowest BCUT2D eigenvalue weighted by atomic mass is 10.2. The Labute approximate surface area is 224 Å². The summed E-state index contributed by atoms with van der Waals surface area (Å²) in [4.78, 5) is 13.1. The Morgan fingerprint density at radius 1 is 0.861 bits per heavy atom. The van der Waals surface area contributed by atoms with Gasteiger partial charge in [-0.05, 0) is 77.5 Å². The first-order valence-corrected chi connectivity index (χ1v) is 13.2. The van der Waals surface area contributed by atoms with Crippen molar-refractivity contribution in [3.63, 3.8) is 0 Å². The number of anilines is 2. The minimum Gasteiger partial charge on any atom is -0.497 e. The van der Waals surface area contributed by atoms with E-state index in [1.165, 1.54) is 52.7 Å². The second-order valence-corrected chi connectivity index (χ2v) is 10.7. The van der Waals surface area contributed by atoms with Gasteiger partial charge < -0.3 is 24.3 Å². The zero-order chi connectivity index (χ0) is 26.5. The minimum absolute atomic E-state index is 0.0942. The number of hydrogen-bond acceptors (Lipinski definition) is 7. The minimum atomic E-state index is -4.27. The van der Waals surface area contributed by atoms with Crippen LogP contribution in [0.25, 0.3) is 0 Å². The summed E-state index contributed by atoms with van der Waals surface area (Å²) in [5.74, 6) is 0.711. The van der Waals surface area contributed by atoms with Crippen molar-refractivity contribution in [1.82, 2.24) is 0 Å². The van der Waals surface area contributed by atoms with Gasteiger partial charge in [-0.15, -0.1) is 0 Å². The molecule has 3 rings (SSSR count). The van der Waals surface area contributed by atoms with E-state index >= 15 is 0 Å². The van der Waals surface area contributed by atoms with E-state index in [9.17, 15) is 13.2 Å². The van der Waals surface area contributed by atoms with E-state index in [0.29, 0.717) is 17.2 Å². The monoisotopic (exact) mass is 626 g/mol. The predicted octanol–water partition coefficient (Wildman–Crippen LogP) is 4.47. The van der Waals surface area contributed by atoms with Crippen molar-refractivity contribution in [2.75, 3.05) is 44.6 Å². The highest BCUT2D eigenvalue weighted by molar-refractivity contribution is 14.1. The number of ether oxygens (including phenoxy) is 4. The molecule has 1 N–H and O–H groups in total. The van der Waals surface area contributed by atoms with Gasteiger partial charge in [-0.2, -0.15) is 0 Å². The summed E-state index contributed by atoms with van der Waals surface area (Å²) in [7, 11) is 1.47. The van der Waals surface area contributed by atoms with Gasteiger partial charge in [0.25, 0.3) is 10.0 Å². The molecule has 0 fully saturated rings. The molecule has 0 heterocycles. The maximum Gasteiger partial charge on any atom is 0.265 e. The van der Waals surface area contributed by atoms with Crippen LogP contribution >= 0.6 is 22.6 Å². The number of benzene rings is 3. The number of amides is 1. The molecule has 0 saturated carbocycles. The van der Waals surface area contributed by atoms with E-state index in [4.69, 9.17) is 18.9 Å². The summed E-state index contributed by atoms with van der Waals surface area (Å²) < 4.78 is 51.1. The Morgan fingerprint density at radius 2 is 1.53 bits per heavy atom. The van der Waals surface area contributed by atoms with Gasteiger partial charge in [-0.3, -0.25) is 9.10 Å². The third kappa shape index (κ3) is 5.95. The Balaban J connectivity index is 2.10. The van der Waals surface area contributed by atoms with Crippen LogP contribution < -0.4 is 28.6 Å². The Morgan fingerprint density at radius 3 is 2.14 bits per heavy atom. The molecule has 9 nitrogen and oxygen atoms in total. The number of carbonyl (C=O) groups is 1. The normalized spacial score (nSPS) is 10.9. The molecule has 0 unspecified atom stereocenters. The third-order valence-corrected chi connectivity index (χ3v) is 7.77. The van der Waals surface area contributed by atoms with Crippen LogP contribution in [0.5, 0.6) is 23.0 Å². The van der Waals surface area contributed by atoms with Gasteiger partial charge in [0.05, 0.1) is 39.0 Å². The number of sulfonamides is 1. The van der Waals surface area contributed by atoms with Crippen molar-refractivity contribution < 1.29 is 32.2 Å². The molecule has 0 aromatic heterocycles. The zero-order valence-electron chi connectivity index (χ0n) is 20.5. The number of nitrogens with zero attached hydrogens (tertiary/aromatic N) is 1. The molecule has 36 heavy (non-hydrogen) atoms. The SMILES string of the molecule is COc1ccc(OC)c(N(CC(=O)Nc2ccc(I)cc2C)S(=O)(=O)c2ccc(OC)c(OC)c2)c1. The van der Waals surface area contributed by atoms with Gasteiger partial charge in [0, 0.05) is 21.4 Å². The highest BCUT2D eigenvalue weighted by Crippen LogP contribution is 2.37. The third-order valence-electron chi connectivity index (χ3n) is 5.35. The Bertz CT molecular complexity index is 1360. The van der Waals surface area contributed by atoms with Gasteiger partial charge in [-0.25, -0.2) is 8.42 Å². The van der Waals surface area contributed by atoms with Crippen LogP contribution in [0.3, 0.4) is 0 Å². The van der Waals surface area contributed by atoms with Gasteiger partial charge in [0.1, 0.15) is 18.0 Å². The summed E-state index contributed by atoms with van der Waals surface area (Å²) in [6.07, 6.45) is 0. The first kappa shape index (κ1) is 27.4. The van der Waals surface area contributed by atoms with Gasteiger partial charge in [0.15, 0.2) is 11.5 Å². The number of nitrogens with one attached hydrogen (secondary N) is 1. The van der Waals surface area contributed by atoms with Crippen LogP contribution in [-0.2, 0) is 14.8 Å². The van der Waals surface area contributed by atoms with Crippen molar-refractivity contribution in [2.45, 2.75) is 11.8 Å². The molecule has 0 aliphatic rings. The van der Waals surface area contributed by atoms with E-state index in [1.54, 1.807) is 18.2 Å². The van der Waals surface area contributed by atoms with Crippen LogP contribution in [0.15, 0.2) is 59.5 Å². The van der Waals surface area contributed by atoms with Crippen LogP contribution in [0.4, 0.5) is 11.4 Å². The standard InChI is InChI=1S/C25H27IN2O7S/c1-16-12-17(26)6-9-20(16)27-25(29)15-28(21-13-18(32-2)7-10-22(21)33-3)36(30,31)19-8-11-23(34-4)24(14-19)35-5/h6-14H,15H2,1-5H3,(H,27,29). The quantitative estimate of drug-likeness (QED) is 0.332. The van der Waals surface area contributed by atoms with Crippen LogP contribution in [0.1, 0.15) is 5.56 Å². The summed E-state index contributed by atoms with van der Waals surface area (Å²) in [6, 6.07) is 14.5. The fourth-order valence-electron chi connectivity index (χ4n) is 3.48. The summed E-state index contributed by atoms with van der Waals surface area (Å²) in [5, 5.41) is 2.80. The molecule has 0 spiro atoms. The average molecular weight is 626 g/mol. The van der Waals surface area contributed by atoms with Crippen molar-refractivity contribution in [3.05, 3.63) is 63.7 Å². The van der Waals surface area contributed by atoms with E-state index in [2.05, 4.69) is 27.9 Å². The van der Waals surface area contributed by atoms with Gasteiger partial charge in [0.2, 0.25) is 5.91 Å². The molecule has 3 aromatic rings. The largest absolute Gasteiger partial charge is 0.497 e. The van der Waals surface area contributed by atoms with Crippen molar-refractivity contribution >= 4 is 49.9 Å². The summed E-state index contributed by atoms with van der Waals surface area (Å²) in [5.41, 5.74) is 1.58. The number of halogens is 1. The van der Waals surface area contributed by atoms with Crippen LogP contribution in [0.2, 0.25) is 0 Å². The topological polar surface area (TPSA) is 103 Å². The van der Waals surface area contributed by atoms with E-state index in [0.717, 1.165) is 13.4 Å². The molecule has 11 heteroatoms. The Hall–Kier alpha value is -3.19. The van der Waals surface area contributed by atoms with E-state index < -0.39 is 22.5 Å². The molecular formula is C25H27IN2O7S. The second-order valence-electron chi connectivity index (χ2n) is 7.57. The molecule has 0 saturated heterocycles. The van der Waals surface area contributed by atoms with Gasteiger partial charge in [-0.1, -0.05) is 0 Å². The maximum absolute atomic E-state index is 13.9. The molecule has 3 aromatic carbocycles. The molecule has 0 radical (unpaired) electrons. The van der Waals surface area contributed by atoms with E-state index in [-0.39, 0.29) is 22.1 Å². The smallest absolute Gasteiger partial charge is 0.265 e. The van der Waals surface area contributed by atoms with Crippen molar-refractivity contribution in [1.29, 1.82) is 0 Å². The number of rotatable bonds is 10. The molecule has 1 amide bonds. The maximum atomic E-state index is 13.9. The molecule has 0 aliphatic carbocycles. The van der Waals surface area contributed by atoms with Crippen LogP contribution in [0, 0.1) is 10.5 Å². The number of aryl methyl sites for hydroxylation is 1. The predicted molar refractivity (Wildman–Crippen MR) is 146 cm³/mol. The molecular weight excluding hydrogens is 599 g/mol. The summed E-state index contributed by atoms with van der Waals surface area (Å²) in [6.45, 7) is 1.34. The number of hydrogen-bond donors (Lipinski definition) is 1. The summed E-state index contributed by atoms with van der Waals surface area (Å²) >= 11 is 2.18. The zero-order valence-corrected chi connectivity index (χ0v) is 23.5. The van der Waals surface area contributed by atoms with Crippen molar-refractivity contribution in [2.24, 2.45) is 0 Å². The number of methoxy groups -OCH3 is 4. The fraction of sp³-hybridized carbons (Fsp3) is 0.240. The number of carbonyl (C=O) groups excluding carboxylic acids is 1. The molecule has 0 bridgehead atoms. The molecule has 0 atom stereocenters. The van der Waals surface area contributed by atoms with Crippen molar-refractivity contribution in [3.8, 4) is 23.0 Å². The first-order chi connectivity index (χ1) is 17.1. The second kappa shape index (κ2) is 11.7. The fourth-order valence-corrected chi connectivity index (χ4v) is 5.57. The molecule has 0 aliphatic heterocycles. The van der Waals surface area contributed by atoms with Gasteiger partial charge >= 0.3 is 0 Å². The Kier molecular flexibility index (Phi) is 8.90. The lowest BCUT2D eigenvalue weighted by Gasteiger charge is -2.26. The highest BCUT2D eigenvalue weighted by atomic mass is 127. The lowest BCUT2D eigenvalue weighted by molar-refractivity contribution is -0.114. The lowest BCUT2D eigenvalue weighted by Crippen LogP contribution is -2.38. The average Bonchev–Trinajstić information content (AvgIpc) is 2.87.